The number of hydrogen-bond donors (Lipinski definition) is 2. The van der Waals surface area contributed by atoms with E-state index in [0.29, 0.717) is 31.0 Å². The summed E-state index contributed by atoms with van der Waals surface area (Å²) in [4.78, 5) is 39.6. The number of hydrogen-bond acceptors (Lipinski definition) is 4. The second kappa shape index (κ2) is 7.22. The van der Waals surface area contributed by atoms with Gasteiger partial charge in [-0.25, -0.2) is 0 Å². The van der Waals surface area contributed by atoms with Crippen molar-refractivity contribution in [3.63, 3.8) is 0 Å². The molecule has 0 radical (unpaired) electrons. The van der Waals surface area contributed by atoms with E-state index in [9.17, 15) is 14.4 Å². The molecule has 2 aliphatic rings. The summed E-state index contributed by atoms with van der Waals surface area (Å²) in [6.45, 7) is 10.6. The number of carbonyl (C=O) groups is 3. The highest BCUT2D eigenvalue weighted by Gasteiger charge is 2.46. The Balaban J connectivity index is 1.69. The van der Waals surface area contributed by atoms with Crippen LogP contribution in [0.5, 0.6) is 0 Å². The number of fused-ring (bicyclic) bond motifs is 1. The third-order valence-electron chi connectivity index (χ3n) is 5.42. The lowest BCUT2D eigenvalue weighted by atomic mass is 9.92. The molecule has 8 nitrogen and oxygen atoms in total. The predicted octanol–water partition coefficient (Wildman–Crippen LogP) is 0.961. The van der Waals surface area contributed by atoms with E-state index in [1.54, 1.807) is 22.7 Å². The molecule has 1 aromatic rings. The van der Waals surface area contributed by atoms with Gasteiger partial charge in [0.2, 0.25) is 11.8 Å². The molecular weight excluding hydrogens is 358 g/mol. The van der Waals surface area contributed by atoms with E-state index in [1.807, 2.05) is 34.6 Å². The maximum absolute atomic E-state index is 12.8. The van der Waals surface area contributed by atoms with Crippen LogP contribution in [0.2, 0.25) is 0 Å². The standard InChI is InChI=1S/C20H31N5O3/c1-11(2)7-13-19(28)25-10-12(8-15(25)18(27)22-13)21-17(26)14-9-16(20(3,4)5)23-24(14)6/h9,11-13,15H,7-8,10H2,1-6H3,(H,21,26)(H,22,27)/t12-,13-,15-/m0/s1. The van der Waals surface area contributed by atoms with Crippen LogP contribution in [0.3, 0.4) is 0 Å². The molecule has 3 rings (SSSR count). The number of aromatic nitrogens is 2. The maximum Gasteiger partial charge on any atom is 0.269 e. The third-order valence-corrected chi connectivity index (χ3v) is 5.42. The summed E-state index contributed by atoms with van der Waals surface area (Å²) in [6.07, 6.45) is 1.05. The normalized spacial score (nSPS) is 25.1. The largest absolute Gasteiger partial charge is 0.346 e. The Morgan fingerprint density at radius 3 is 2.61 bits per heavy atom. The van der Waals surface area contributed by atoms with Crippen molar-refractivity contribution >= 4 is 17.7 Å². The van der Waals surface area contributed by atoms with Gasteiger partial charge in [0.25, 0.3) is 5.91 Å². The van der Waals surface area contributed by atoms with Crippen LogP contribution in [0.1, 0.15) is 63.6 Å². The van der Waals surface area contributed by atoms with Crippen molar-refractivity contribution < 1.29 is 14.4 Å². The summed E-state index contributed by atoms with van der Waals surface area (Å²) in [6, 6.07) is 0.578. The number of carbonyl (C=O) groups excluding carboxylic acids is 3. The Bertz CT molecular complexity index is 792. The average molecular weight is 390 g/mol. The van der Waals surface area contributed by atoms with Crippen LogP contribution in [0, 0.1) is 5.92 Å². The smallest absolute Gasteiger partial charge is 0.269 e. The van der Waals surface area contributed by atoms with Gasteiger partial charge in [0, 0.05) is 25.0 Å². The summed E-state index contributed by atoms with van der Waals surface area (Å²) in [5.74, 6) is -0.101. The van der Waals surface area contributed by atoms with Crippen LogP contribution in [-0.4, -0.2) is 57.1 Å². The Morgan fingerprint density at radius 1 is 1.36 bits per heavy atom. The predicted molar refractivity (Wildman–Crippen MR) is 105 cm³/mol. The molecule has 154 valence electrons. The molecule has 8 heteroatoms. The fourth-order valence-corrected chi connectivity index (χ4v) is 3.90. The summed E-state index contributed by atoms with van der Waals surface area (Å²) in [5, 5.41) is 10.3. The highest BCUT2D eigenvalue weighted by Crippen LogP contribution is 2.25. The van der Waals surface area contributed by atoms with Gasteiger partial charge in [0.1, 0.15) is 17.8 Å². The zero-order chi connectivity index (χ0) is 20.8. The molecule has 3 atom stereocenters. The molecule has 0 bridgehead atoms. The van der Waals surface area contributed by atoms with E-state index >= 15 is 0 Å². The van der Waals surface area contributed by atoms with Crippen LogP contribution in [0.15, 0.2) is 6.07 Å². The number of piperazine rings is 1. The molecule has 0 aromatic carbocycles. The van der Waals surface area contributed by atoms with Crippen molar-refractivity contribution in [2.24, 2.45) is 13.0 Å². The van der Waals surface area contributed by atoms with Crippen LogP contribution in [-0.2, 0) is 22.1 Å². The molecule has 3 amide bonds. The molecule has 0 spiro atoms. The van der Waals surface area contributed by atoms with Crippen molar-refractivity contribution in [2.45, 2.75) is 71.0 Å². The van der Waals surface area contributed by atoms with Gasteiger partial charge in [-0.2, -0.15) is 5.10 Å². The second-order valence-electron chi connectivity index (χ2n) is 9.39. The first-order chi connectivity index (χ1) is 13.0. The lowest BCUT2D eigenvalue weighted by molar-refractivity contribution is -0.147. The number of nitrogens with zero attached hydrogens (tertiary/aromatic N) is 3. The fraction of sp³-hybridized carbons (Fsp3) is 0.700. The van der Waals surface area contributed by atoms with Gasteiger partial charge >= 0.3 is 0 Å². The first-order valence-electron chi connectivity index (χ1n) is 9.93. The van der Waals surface area contributed by atoms with E-state index in [-0.39, 0.29) is 29.2 Å². The quantitative estimate of drug-likeness (QED) is 0.802. The topological polar surface area (TPSA) is 96.3 Å². The van der Waals surface area contributed by atoms with Gasteiger partial charge < -0.3 is 15.5 Å². The van der Waals surface area contributed by atoms with Gasteiger partial charge in [-0.1, -0.05) is 34.6 Å². The number of nitrogens with one attached hydrogen (secondary N) is 2. The SMILES string of the molecule is CC(C)C[C@@H]1NC(=O)[C@@H]2C[C@H](NC(=O)c3cc(C(C)(C)C)nn3C)CN2C1=O. The first kappa shape index (κ1) is 20.4. The minimum Gasteiger partial charge on any atom is -0.346 e. The maximum atomic E-state index is 12.8. The van der Waals surface area contributed by atoms with Crippen LogP contribution in [0.25, 0.3) is 0 Å². The average Bonchev–Trinajstić information content (AvgIpc) is 3.15. The lowest BCUT2D eigenvalue weighted by Gasteiger charge is -2.35. The van der Waals surface area contributed by atoms with E-state index in [0.717, 1.165) is 5.69 Å². The zero-order valence-corrected chi connectivity index (χ0v) is 17.6. The van der Waals surface area contributed by atoms with Crippen LogP contribution >= 0.6 is 0 Å². The molecule has 2 aliphatic heterocycles. The highest BCUT2D eigenvalue weighted by molar-refractivity contribution is 5.98. The molecule has 0 aliphatic carbocycles. The van der Waals surface area contributed by atoms with E-state index in [2.05, 4.69) is 15.7 Å². The Morgan fingerprint density at radius 2 is 2.04 bits per heavy atom. The lowest BCUT2D eigenvalue weighted by Crippen LogP contribution is -2.61. The van der Waals surface area contributed by atoms with Crippen LogP contribution < -0.4 is 10.6 Å². The van der Waals surface area contributed by atoms with Crippen molar-refractivity contribution in [1.29, 1.82) is 0 Å². The van der Waals surface area contributed by atoms with Crippen molar-refractivity contribution in [3.05, 3.63) is 17.5 Å². The molecule has 2 N–H and O–H groups in total. The Hall–Kier alpha value is -2.38. The van der Waals surface area contributed by atoms with Gasteiger partial charge in [-0.15, -0.1) is 0 Å². The number of amides is 3. The summed E-state index contributed by atoms with van der Waals surface area (Å²) < 4.78 is 1.58. The minimum atomic E-state index is -0.502. The fourth-order valence-electron chi connectivity index (χ4n) is 3.90. The Labute approximate surface area is 166 Å². The Kier molecular flexibility index (Phi) is 5.25. The van der Waals surface area contributed by atoms with Gasteiger partial charge in [0.05, 0.1) is 5.69 Å². The minimum absolute atomic E-state index is 0.0504. The zero-order valence-electron chi connectivity index (χ0n) is 17.6. The molecule has 3 heterocycles. The van der Waals surface area contributed by atoms with Crippen molar-refractivity contribution in [1.82, 2.24) is 25.3 Å². The molecule has 0 saturated carbocycles. The van der Waals surface area contributed by atoms with Gasteiger partial charge in [-0.05, 0) is 24.8 Å². The van der Waals surface area contributed by atoms with Crippen LogP contribution in [0.4, 0.5) is 0 Å². The van der Waals surface area contributed by atoms with Crippen molar-refractivity contribution in [3.8, 4) is 0 Å². The van der Waals surface area contributed by atoms with E-state index < -0.39 is 12.1 Å². The van der Waals surface area contributed by atoms with Gasteiger partial charge in [-0.3, -0.25) is 19.1 Å². The van der Waals surface area contributed by atoms with E-state index in [4.69, 9.17) is 0 Å². The molecule has 2 saturated heterocycles. The van der Waals surface area contributed by atoms with Crippen molar-refractivity contribution in [2.75, 3.05) is 6.54 Å². The first-order valence-corrected chi connectivity index (χ1v) is 9.93. The molecule has 28 heavy (non-hydrogen) atoms. The highest BCUT2D eigenvalue weighted by atomic mass is 16.2. The number of rotatable bonds is 4. The number of aryl methyl sites for hydroxylation is 1. The summed E-state index contributed by atoms with van der Waals surface area (Å²) >= 11 is 0. The molecule has 2 fully saturated rings. The molecular formula is C20H31N5O3. The van der Waals surface area contributed by atoms with Gasteiger partial charge in [0.15, 0.2) is 0 Å². The monoisotopic (exact) mass is 389 g/mol. The second-order valence-corrected chi connectivity index (χ2v) is 9.39. The summed E-state index contributed by atoms with van der Waals surface area (Å²) in [5.41, 5.74) is 1.17. The molecule has 1 aromatic heterocycles. The summed E-state index contributed by atoms with van der Waals surface area (Å²) in [7, 11) is 1.75. The molecule has 0 unspecified atom stereocenters. The van der Waals surface area contributed by atoms with E-state index in [1.165, 1.54) is 0 Å². The third kappa shape index (κ3) is 3.91.